The van der Waals surface area contributed by atoms with Gasteiger partial charge in [0.25, 0.3) is 0 Å². The van der Waals surface area contributed by atoms with Crippen molar-refractivity contribution in [1.29, 1.82) is 0 Å². The largest absolute Gasteiger partial charge is 0.506 e. The van der Waals surface area contributed by atoms with Crippen LogP contribution in [-0.2, 0) is 11.3 Å². The summed E-state index contributed by atoms with van der Waals surface area (Å²) in [5, 5.41) is 20.7. The molecule has 2 fully saturated rings. The third-order valence-electron chi connectivity index (χ3n) is 5.17. The van der Waals surface area contributed by atoms with Gasteiger partial charge in [-0.1, -0.05) is 0 Å². The van der Waals surface area contributed by atoms with Gasteiger partial charge in [-0.05, 0) is 51.8 Å². The number of nitrogens with zero attached hydrogens (tertiary/aromatic N) is 2. The molecule has 122 valence electrons. The lowest BCUT2D eigenvalue weighted by atomic mass is 9.79. The van der Waals surface area contributed by atoms with Gasteiger partial charge in [-0.15, -0.1) is 0 Å². The second-order valence-electron chi connectivity index (χ2n) is 6.89. The molecule has 3 heterocycles. The van der Waals surface area contributed by atoms with Crippen molar-refractivity contribution in [3.05, 3.63) is 23.5 Å². The number of hydrogen-bond donors (Lipinski definition) is 2. The van der Waals surface area contributed by atoms with Crippen LogP contribution in [0.15, 0.2) is 12.1 Å². The number of rotatable bonds is 3. The maximum absolute atomic E-state index is 10.7. The molecule has 2 aliphatic heterocycles. The van der Waals surface area contributed by atoms with Crippen LogP contribution < -0.4 is 0 Å². The van der Waals surface area contributed by atoms with Crippen LogP contribution in [0.5, 0.6) is 5.75 Å². The molecule has 22 heavy (non-hydrogen) atoms. The molecule has 0 bridgehead atoms. The van der Waals surface area contributed by atoms with E-state index in [1.54, 1.807) is 6.07 Å². The van der Waals surface area contributed by atoms with Gasteiger partial charge in [-0.2, -0.15) is 0 Å². The first kappa shape index (κ1) is 15.7. The number of aliphatic hydroxyl groups is 1. The molecule has 2 aliphatic rings. The van der Waals surface area contributed by atoms with Gasteiger partial charge in [0.05, 0.1) is 17.9 Å². The summed E-state index contributed by atoms with van der Waals surface area (Å²) in [4.78, 5) is 6.81. The highest BCUT2D eigenvalue weighted by Crippen LogP contribution is 2.36. The maximum atomic E-state index is 10.7. The van der Waals surface area contributed by atoms with Crippen molar-refractivity contribution in [2.75, 3.05) is 19.8 Å². The second kappa shape index (κ2) is 6.14. The fraction of sp³-hybridized carbons (Fsp3) is 0.706. The van der Waals surface area contributed by atoms with Crippen LogP contribution in [-0.4, -0.2) is 51.5 Å². The second-order valence-corrected chi connectivity index (χ2v) is 6.89. The standard InChI is InChI=1S/C17H26N2O3/c1-12-5-6-16(20)14(18-12)10-19-8-3-4-15(19)13-11-22-9-7-17(13,2)21/h5-6,13,15,20-21H,3-4,7-11H2,1-2H3/t13-,15-,17-/m1/s1. The Kier molecular flexibility index (Phi) is 4.39. The Labute approximate surface area is 131 Å². The summed E-state index contributed by atoms with van der Waals surface area (Å²) >= 11 is 0. The van der Waals surface area contributed by atoms with Crippen molar-refractivity contribution in [3.63, 3.8) is 0 Å². The predicted octanol–water partition coefficient (Wildman–Crippen LogP) is 1.85. The molecule has 0 amide bonds. The minimum absolute atomic E-state index is 0.121. The molecular weight excluding hydrogens is 280 g/mol. The number of hydrogen-bond acceptors (Lipinski definition) is 5. The van der Waals surface area contributed by atoms with Gasteiger partial charge in [-0.3, -0.25) is 9.88 Å². The Morgan fingerprint density at radius 3 is 3.05 bits per heavy atom. The Bertz CT molecular complexity index is 533. The molecule has 3 atom stereocenters. The first-order valence-electron chi connectivity index (χ1n) is 8.17. The molecule has 0 aliphatic carbocycles. The fourth-order valence-electron chi connectivity index (χ4n) is 3.80. The lowest BCUT2D eigenvalue weighted by Crippen LogP contribution is -2.52. The number of aromatic nitrogens is 1. The highest BCUT2D eigenvalue weighted by atomic mass is 16.5. The first-order valence-corrected chi connectivity index (χ1v) is 8.17. The van der Waals surface area contributed by atoms with Gasteiger partial charge in [0.15, 0.2) is 0 Å². The summed E-state index contributed by atoms with van der Waals surface area (Å²) in [7, 11) is 0. The van der Waals surface area contributed by atoms with Crippen molar-refractivity contribution in [2.45, 2.75) is 51.3 Å². The van der Waals surface area contributed by atoms with E-state index in [0.717, 1.165) is 30.8 Å². The van der Waals surface area contributed by atoms with Crippen molar-refractivity contribution in [1.82, 2.24) is 9.88 Å². The summed E-state index contributed by atoms with van der Waals surface area (Å²) < 4.78 is 5.62. The molecule has 0 unspecified atom stereocenters. The molecule has 0 aromatic carbocycles. The number of aryl methyl sites for hydroxylation is 1. The average Bonchev–Trinajstić information content (AvgIpc) is 2.90. The van der Waals surface area contributed by atoms with Crippen LogP contribution in [0.25, 0.3) is 0 Å². The smallest absolute Gasteiger partial charge is 0.138 e. The van der Waals surface area contributed by atoms with Gasteiger partial charge in [0.2, 0.25) is 0 Å². The SMILES string of the molecule is Cc1ccc(O)c(CN2CCC[C@@H]2[C@H]2COCC[C@@]2(C)O)n1. The van der Waals surface area contributed by atoms with E-state index < -0.39 is 5.60 Å². The third-order valence-corrected chi connectivity index (χ3v) is 5.17. The van der Waals surface area contributed by atoms with Crippen LogP contribution in [0.4, 0.5) is 0 Å². The van der Waals surface area contributed by atoms with Crippen molar-refractivity contribution < 1.29 is 14.9 Å². The lowest BCUT2D eigenvalue weighted by Gasteiger charge is -2.43. The first-order chi connectivity index (χ1) is 10.5. The van der Waals surface area contributed by atoms with E-state index in [4.69, 9.17) is 4.74 Å². The molecule has 2 N–H and O–H groups in total. The van der Waals surface area contributed by atoms with E-state index in [-0.39, 0.29) is 17.7 Å². The quantitative estimate of drug-likeness (QED) is 0.892. The van der Waals surface area contributed by atoms with Crippen LogP contribution in [0.2, 0.25) is 0 Å². The molecule has 1 aromatic heterocycles. The fourth-order valence-corrected chi connectivity index (χ4v) is 3.80. The zero-order chi connectivity index (χ0) is 15.7. The lowest BCUT2D eigenvalue weighted by molar-refractivity contribution is -0.123. The Hall–Kier alpha value is -1.17. The summed E-state index contributed by atoms with van der Waals surface area (Å²) in [5.74, 6) is 0.374. The predicted molar refractivity (Wildman–Crippen MR) is 83.6 cm³/mol. The Balaban J connectivity index is 1.77. The highest BCUT2D eigenvalue weighted by molar-refractivity contribution is 5.27. The van der Waals surface area contributed by atoms with Crippen molar-refractivity contribution >= 4 is 0 Å². The van der Waals surface area contributed by atoms with Gasteiger partial charge < -0.3 is 14.9 Å². The molecule has 3 rings (SSSR count). The molecule has 1 aromatic rings. The van der Waals surface area contributed by atoms with E-state index in [9.17, 15) is 10.2 Å². The minimum atomic E-state index is -0.673. The molecule has 2 saturated heterocycles. The van der Waals surface area contributed by atoms with Gasteiger partial charge in [-0.25, -0.2) is 0 Å². The average molecular weight is 306 g/mol. The van der Waals surface area contributed by atoms with Gasteiger partial charge in [0.1, 0.15) is 5.75 Å². The monoisotopic (exact) mass is 306 g/mol. The van der Waals surface area contributed by atoms with Crippen molar-refractivity contribution in [2.24, 2.45) is 5.92 Å². The molecule has 0 saturated carbocycles. The van der Waals surface area contributed by atoms with E-state index in [0.29, 0.717) is 26.2 Å². The number of aromatic hydroxyl groups is 1. The van der Waals surface area contributed by atoms with Crippen LogP contribution >= 0.6 is 0 Å². The number of ether oxygens (including phenoxy) is 1. The summed E-state index contributed by atoms with van der Waals surface area (Å²) in [6.45, 7) is 6.72. The van der Waals surface area contributed by atoms with Gasteiger partial charge in [0, 0.05) is 30.8 Å². The topological polar surface area (TPSA) is 65.8 Å². The minimum Gasteiger partial charge on any atom is -0.506 e. The number of pyridine rings is 1. The summed E-state index contributed by atoms with van der Waals surface area (Å²) in [5.41, 5.74) is 0.966. The molecule has 0 spiro atoms. The zero-order valence-electron chi connectivity index (χ0n) is 13.5. The van der Waals surface area contributed by atoms with E-state index in [1.165, 1.54) is 0 Å². The normalized spacial score (nSPS) is 33.2. The number of likely N-dealkylation sites (tertiary alicyclic amines) is 1. The highest BCUT2D eigenvalue weighted by Gasteiger charge is 2.44. The van der Waals surface area contributed by atoms with Crippen LogP contribution in [0.3, 0.4) is 0 Å². The Morgan fingerprint density at radius 2 is 2.27 bits per heavy atom. The van der Waals surface area contributed by atoms with Crippen LogP contribution in [0, 0.1) is 12.8 Å². The molecule has 5 heteroatoms. The van der Waals surface area contributed by atoms with Crippen molar-refractivity contribution in [3.8, 4) is 5.75 Å². The molecule has 5 nitrogen and oxygen atoms in total. The van der Waals surface area contributed by atoms with E-state index in [2.05, 4.69) is 9.88 Å². The van der Waals surface area contributed by atoms with E-state index in [1.807, 2.05) is 19.9 Å². The Morgan fingerprint density at radius 1 is 1.45 bits per heavy atom. The summed E-state index contributed by atoms with van der Waals surface area (Å²) in [6, 6.07) is 3.82. The summed E-state index contributed by atoms with van der Waals surface area (Å²) in [6.07, 6.45) is 2.87. The van der Waals surface area contributed by atoms with Gasteiger partial charge >= 0.3 is 0 Å². The maximum Gasteiger partial charge on any atom is 0.138 e. The van der Waals surface area contributed by atoms with E-state index >= 15 is 0 Å². The molecule has 0 radical (unpaired) electrons. The zero-order valence-corrected chi connectivity index (χ0v) is 13.5. The third kappa shape index (κ3) is 3.12. The van der Waals surface area contributed by atoms with Crippen LogP contribution in [0.1, 0.15) is 37.6 Å². The molecular formula is C17H26N2O3.